The van der Waals surface area contributed by atoms with Crippen molar-refractivity contribution in [3.8, 4) is 0 Å². The van der Waals surface area contributed by atoms with E-state index < -0.39 is 0 Å². The molecule has 8 heteroatoms. The minimum Gasteiger partial charge on any atom is -0.399 e. The van der Waals surface area contributed by atoms with Gasteiger partial charge in [-0.15, -0.1) is 36.2 Å². The predicted octanol–water partition coefficient (Wildman–Crippen LogP) is 3.30. The van der Waals surface area contributed by atoms with Crippen molar-refractivity contribution < 1.29 is 9.53 Å². The topological polar surface area (TPSA) is 67.6 Å². The van der Waals surface area contributed by atoms with Crippen LogP contribution in [0.25, 0.3) is 0 Å². The number of amides is 1. The zero-order valence-corrected chi connectivity index (χ0v) is 17.6. The van der Waals surface area contributed by atoms with Crippen LogP contribution in [0.15, 0.2) is 41.8 Å². The third kappa shape index (κ3) is 6.97. The van der Waals surface area contributed by atoms with E-state index in [1.807, 2.05) is 24.3 Å². The highest BCUT2D eigenvalue weighted by atomic mass is 35.5. The number of carbonyl (C=O) groups excluding carboxylic acids is 1. The number of morpholine rings is 1. The molecule has 2 heterocycles. The first kappa shape index (κ1) is 23.7. The van der Waals surface area contributed by atoms with E-state index in [1.165, 1.54) is 4.88 Å². The Kier molecular flexibility index (Phi) is 10.7. The fraction of sp³-hybridized carbons (Fsp3) is 0.421. The molecule has 1 amide bonds. The van der Waals surface area contributed by atoms with Crippen LogP contribution < -0.4 is 11.1 Å². The van der Waals surface area contributed by atoms with Crippen LogP contribution in [0.5, 0.6) is 0 Å². The molecule has 0 saturated carbocycles. The molecule has 1 aromatic carbocycles. The van der Waals surface area contributed by atoms with Gasteiger partial charge in [-0.3, -0.25) is 9.69 Å². The first-order chi connectivity index (χ1) is 12.2. The second-order valence-electron chi connectivity index (χ2n) is 6.18. The molecule has 1 fully saturated rings. The summed E-state index contributed by atoms with van der Waals surface area (Å²) in [4.78, 5) is 16.0. The largest absolute Gasteiger partial charge is 0.399 e. The second kappa shape index (κ2) is 12.2. The maximum Gasteiger partial charge on any atom is 0.220 e. The minimum absolute atomic E-state index is 0. The number of hydrogen-bond donors (Lipinski definition) is 2. The van der Waals surface area contributed by atoms with Gasteiger partial charge in [-0.05, 0) is 29.5 Å². The number of halogens is 2. The van der Waals surface area contributed by atoms with Gasteiger partial charge in [0.1, 0.15) is 0 Å². The van der Waals surface area contributed by atoms with Crippen molar-refractivity contribution in [3.63, 3.8) is 0 Å². The highest BCUT2D eigenvalue weighted by Crippen LogP contribution is 2.25. The van der Waals surface area contributed by atoms with Crippen LogP contribution in [0.2, 0.25) is 0 Å². The van der Waals surface area contributed by atoms with Crippen LogP contribution in [0, 0.1) is 0 Å². The van der Waals surface area contributed by atoms with Crippen molar-refractivity contribution in [2.75, 3.05) is 38.6 Å². The Labute approximate surface area is 177 Å². The monoisotopic (exact) mass is 431 g/mol. The third-order valence-electron chi connectivity index (χ3n) is 4.53. The molecule has 3 rings (SSSR count). The van der Waals surface area contributed by atoms with Gasteiger partial charge in [0, 0.05) is 36.6 Å². The van der Waals surface area contributed by atoms with Gasteiger partial charge in [0.15, 0.2) is 0 Å². The van der Waals surface area contributed by atoms with Crippen molar-refractivity contribution in [3.05, 3.63) is 52.2 Å². The summed E-state index contributed by atoms with van der Waals surface area (Å²) in [5.74, 6) is 0.0677. The number of nitrogens with two attached hydrogens (primary N) is 1. The van der Waals surface area contributed by atoms with E-state index >= 15 is 0 Å². The average molecular weight is 432 g/mol. The van der Waals surface area contributed by atoms with Crippen molar-refractivity contribution in [1.82, 2.24) is 10.2 Å². The van der Waals surface area contributed by atoms with Gasteiger partial charge in [-0.1, -0.05) is 24.3 Å². The first-order valence-corrected chi connectivity index (χ1v) is 9.57. The fourth-order valence-corrected chi connectivity index (χ4v) is 3.95. The zero-order chi connectivity index (χ0) is 17.5. The maximum atomic E-state index is 12.3. The number of benzene rings is 1. The molecule has 1 saturated heterocycles. The Morgan fingerprint density at radius 3 is 2.59 bits per heavy atom. The van der Waals surface area contributed by atoms with Crippen LogP contribution in [0.3, 0.4) is 0 Å². The molecule has 1 aliphatic rings. The average Bonchev–Trinajstić information content (AvgIpc) is 3.16. The molecule has 27 heavy (non-hydrogen) atoms. The molecule has 0 aliphatic carbocycles. The molecule has 3 N–H and O–H groups in total. The first-order valence-electron chi connectivity index (χ1n) is 8.69. The molecule has 150 valence electrons. The number of ether oxygens (including phenoxy) is 1. The second-order valence-corrected chi connectivity index (χ2v) is 7.16. The summed E-state index contributed by atoms with van der Waals surface area (Å²) in [6, 6.07) is 12.1. The highest BCUT2D eigenvalue weighted by Gasteiger charge is 2.23. The molecule has 2 aromatic rings. The van der Waals surface area contributed by atoms with Crippen LogP contribution >= 0.6 is 36.2 Å². The number of rotatable bonds is 7. The van der Waals surface area contributed by atoms with Crippen molar-refractivity contribution in [1.29, 1.82) is 0 Å². The van der Waals surface area contributed by atoms with Gasteiger partial charge in [0.2, 0.25) is 5.91 Å². The van der Waals surface area contributed by atoms with E-state index in [9.17, 15) is 4.79 Å². The Balaban J connectivity index is 0.00000182. The van der Waals surface area contributed by atoms with Gasteiger partial charge in [0.25, 0.3) is 0 Å². The summed E-state index contributed by atoms with van der Waals surface area (Å²) < 4.78 is 5.45. The molecule has 5 nitrogen and oxygen atoms in total. The molecule has 0 radical (unpaired) electrons. The molecule has 1 unspecified atom stereocenters. The zero-order valence-electron chi connectivity index (χ0n) is 15.1. The maximum absolute atomic E-state index is 12.3. The number of nitrogens with zero attached hydrogens (tertiary/aromatic N) is 1. The number of hydrogen-bond acceptors (Lipinski definition) is 5. The van der Waals surface area contributed by atoms with Gasteiger partial charge < -0.3 is 15.8 Å². The van der Waals surface area contributed by atoms with E-state index in [4.69, 9.17) is 10.5 Å². The predicted molar refractivity (Wildman–Crippen MR) is 116 cm³/mol. The molecular formula is C19H27Cl2N3O2S. The lowest BCUT2D eigenvalue weighted by Crippen LogP contribution is -2.43. The normalized spacial score (nSPS) is 15.3. The van der Waals surface area contributed by atoms with Crippen LogP contribution in [0.4, 0.5) is 5.69 Å². The molecule has 0 spiro atoms. The third-order valence-corrected chi connectivity index (χ3v) is 5.50. The van der Waals surface area contributed by atoms with Gasteiger partial charge in [0.05, 0.1) is 19.3 Å². The van der Waals surface area contributed by atoms with E-state index in [1.54, 1.807) is 11.3 Å². The Morgan fingerprint density at radius 1 is 1.19 bits per heavy atom. The van der Waals surface area contributed by atoms with Gasteiger partial charge >= 0.3 is 0 Å². The lowest BCUT2D eigenvalue weighted by molar-refractivity contribution is -0.121. The Morgan fingerprint density at radius 2 is 1.93 bits per heavy atom. The summed E-state index contributed by atoms with van der Waals surface area (Å²) >= 11 is 1.74. The molecule has 1 atom stereocenters. The lowest BCUT2D eigenvalue weighted by atomic mass is 10.1. The number of carbonyl (C=O) groups is 1. The van der Waals surface area contributed by atoms with Crippen LogP contribution in [0.1, 0.15) is 22.9 Å². The summed E-state index contributed by atoms with van der Waals surface area (Å²) in [6.45, 7) is 3.94. The lowest BCUT2D eigenvalue weighted by Gasteiger charge is -2.34. The van der Waals surface area contributed by atoms with Crippen LogP contribution in [-0.2, 0) is 16.0 Å². The molecular weight excluding hydrogens is 405 g/mol. The van der Waals surface area contributed by atoms with E-state index in [-0.39, 0.29) is 36.8 Å². The Bertz CT molecular complexity index is 679. The highest BCUT2D eigenvalue weighted by molar-refractivity contribution is 7.10. The van der Waals surface area contributed by atoms with Crippen molar-refractivity contribution in [2.24, 2.45) is 0 Å². The Hall–Kier alpha value is -1.31. The van der Waals surface area contributed by atoms with E-state index in [0.717, 1.165) is 37.6 Å². The number of thiophene rings is 1. The number of aryl methyl sites for hydroxylation is 1. The smallest absolute Gasteiger partial charge is 0.220 e. The number of anilines is 1. The summed E-state index contributed by atoms with van der Waals surface area (Å²) in [5, 5.41) is 5.19. The quantitative estimate of drug-likeness (QED) is 0.659. The standard InChI is InChI=1S/C19H25N3O2S.2ClH/c20-16-5-2-1-4-15(16)7-8-19(23)21-14-17(18-6-3-13-25-18)22-9-11-24-12-10-22;;/h1-6,13,17H,7-12,14,20H2,(H,21,23);2*1H. The fourth-order valence-electron chi connectivity index (χ4n) is 3.09. The molecule has 1 aromatic heterocycles. The number of nitrogens with one attached hydrogen (secondary N) is 1. The van der Waals surface area contributed by atoms with Gasteiger partial charge in [-0.2, -0.15) is 0 Å². The van der Waals surface area contributed by atoms with E-state index in [2.05, 4.69) is 27.7 Å². The summed E-state index contributed by atoms with van der Waals surface area (Å²) in [7, 11) is 0. The van der Waals surface area contributed by atoms with E-state index in [0.29, 0.717) is 19.4 Å². The summed E-state index contributed by atoms with van der Waals surface area (Å²) in [5.41, 5.74) is 7.72. The van der Waals surface area contributed by atoms with Crippen molar-refractivity contribution in [2.45, 2.75) is 18.9 Å². The molecule has 1 aliphatic heterocycles. The SMILES string of the molecule is Cl.Cl.Nc1ccccc1CCC(=O)NCC(c1cccs1)N1CCOCC1. The molecule has 0 bridgehead atoms. The summed E-state index contributed by atoms with van der Waals surface area (Å²) in [6.07, 6.45) is 1.12. The minimum atomic E-state index is 0. The number of nitrogen functional groups attached to an aromatic ring is 1. The van der Waals surface area contributed by atoms with Gasteiger partial charge in [-0.25, -0.2) is 0 Å². The van der Waals surface area contributed by atoms with Crippen LogP contribution in [-0.4, -0.2) is 43.7 Å². The number of para-hydroxylation sites is 1. The van der Waals surface area contributed by atoms with Crippen molar-refractivity contribution >= 4 is 47.7 Å².